The molecule has 0 saturated carbocycles. The zero-order valence-electron chi connectivity index (χ0n) is 5.16. The summed E-state index contributed by atoms with van der Waals surface area (Å²) in [6.45, 7) is 1.42. The van der Waals surface area contributed by atoms with Gasteiger partial charge in [-0.2, -0.15) is 0 Å². The van der Waals surface area contributed by atoms with Crippen molar-refractivity contribution < 1.29 is 14.9 Å². The summed E-state index contributed by atoms with van der Waals surface area (Å²) in [4.78, 5) is 0. The number of ether oxygens (including phenoxy) is 1. The van der Waals surface area contributed by atoms with Crippen molar-refractivity contribution in [3.63, 3.8) is 0 Å². The molecule has 0 aromatic carbocycles. The van der Waals surface area contributed by atoms with E-state index in [2.05, 4.69) is 0 Å². The van der Waals surface area contributed by atoms with Crippen LogP contribution < -0.4 is 0 Å². The van der Waals surface area contributed by atoms with Crippen LogP contribution in [0.25, 0.3) is 0 Å². The fourth-order valence-corrected chi connectivity index (χ4v) is 0.829. The number of hydrogen-bond acceptors (Lipinski definition) is 3. The van der Waals surface area contributed by atoms with Crippen LogP contribution in [0.4, 0.5) is 0 Å². The van der Waals surface area contributed by atoms with E-state index in [0.29, 0.717) is 6.42 Å². The Labute approximate surface area is 54.3 Å². The third-order valence-electron chi connectivity index (χ3n) is 1.42. The van der Waals surface area contributed by atoms with Gasteiger partial charge in [0.15, 0.2) is 0 Å². The Morgan fingerprint density at radius 3 is 2.78 bits per heavy atom. The van der Waals surface area contributed by atoms with Gasteiger partial charge in [0.2, 0.25) is 0 Å². The van der Waals surface area contributed by atoms with Gasteiger partial charge in [-0.3, -0.25) is 0 Å². The Kier molecular flexibility index (Phi) is 2.45. The van der Waals surface area contributed by atoms with Gasteiger partial charge in [-0.1, -0.05) is 0 Å². The molecule has 1 aliphatic rings. The maximum absolute atomic E-state index is 8.86. The van der Waals surface area contributed by atoms with Crippen LogP contribution in [0.5, 0.6) is 0 Å². The molecule has 9 heavy (non-hydrogen) atoms. The summed E-state index contributed by atoms with van der Waals surface area (Å²) < 4.78 is 4.91. The summed E-state index contributed by atoms with van der Waals surface area (Å²) in [5.41, 5.74) is 0. The number of hydrogen-bond donors (Lipinski definition) is 2. The maximum Gasteiger partial charge on any atom is 0.112 e. The van der Waals surface area contributed by atoms with Gasteiger partial charge >= 0.3 is 0 Å². The zero-order chi connectivity index (χ0) is 6.69. The summed E-state index contributed by atoms with van der Waals surface area (Å²) in [6, 6.07) is 0. The molecular weight excluding hydrogens is 120 g/mol. The van der Waals surface area contributed by atoms with E-state index in [4.69, 9.17) is 14.9 Å². The fraction of sp³-hybridized carbons (Fsp3) is 0.833. The molecule has 0 spiro atoms. The molecule has 1 saturated heterocycles. The van der Waals surface area contributed by atoms with Gasteiger partial charge in [-0.25, -0.2) is 0 Å². The van der Waals surface area contributed by atoms with E-state index in [0.717, 1.165) is 6.42 Å². The quantitative estimate of drug-likeness (QED) is 0.512. The first-order chi connectivity index (χ1) is 4.33. The smallest absolute Gasteiger partial charge is 0.112 e. The van der Waals surface area contributed by atoms with Crippen molar-refractivity contribution in [2.24, 2.45) is 0 Å². The standard InChI is InChI=1S/C6H11O3/c7-3-6-2-1-5(8)4-9-6/h4-8H,1-3H2/t5-,6+/m1/s1. The van der Waals surface area contributed by atoms with E-state index < -0.39 is 6.10 Å². The van der Waals surface area contributed by atoms with Gasteiger partial charge < -0.3 is 14.9 Å². The molecule has 1 fully saturated rings. The highest BCUT2D eigenvalue weighted by Gasteiger charge is 2.18. The van der Waals surface area contributed by atoms with Gasteiger partial charge in [0.25, 0.3) is 0 Å². The summed E-state index contributed by atoms with van der Waals surface area (Å²) in [5.74, 6) is 0. The molecule has 0 amide bonds. The Hall–Kier alpha value is -0.120. The highest BCUT2D eigenvalue weighted by molar-refractivity contribution is 4.75. The highest BCUT2D eigenvalue weighted by Crippen LogP contribution is 2.15. The Morgan fingerprint density at radius 1 is 1.56 bits per heavy atom. The highest BCUT2D eigenvalue weighted by atomic mass is 16.5. The molecule has 0 aromatic heterocycles. The van der Waals surface area contributed by atoms with Gasteiger partial charge in [-0.15, -0.1) is 0 Å². The zero-order valence-corrected chi connectivity index (χ0v) is 5.16. The first kappa shape index (κ1) is 6.99. The predicted molar refractivity (Wildman–Crippen MR) is 31.5 cm³/mol. The molecule has 1 aliphatic heterocycles. The predicted octanol–water partition coefficient (Wildman–Crippen LogP) is -0.320. The van der Waals surface area contributed by atoms with Gasteiger partial charge in [0.05, 0.1) is 18.8 Å². The van der Waals surface area contributed by atoms with Crippen LogP contribution in [0.2, 0.25) is 0 Å². The maximum atomic E-state index is 8.86. The van der Waals surface area contributed by atoms with Crippen molar-refractivity contribution >= 4 is 0 Å². The summed E-state index contributed by atoms with van der Waals surface area (Å²) in [6.07, 6.45) is 0.917. The van der Waals surface area contributed by atoms with Crippen LogP contribution in [0.1, 0.15) is 12.8 Å². The van der Waals surface area contributed by atoms with E-state index in [1.807, 2.05) is 0 Å². The van der Waals surface area contributed by atoms with Crippen molar-refractivity contribution in [2.75, 3.05) is 6.61 Å². The lowest BCUT2D eigenvalue weighted by Gasteiger charge is -2.23. The summed E-state index contributed by atoms with van der Waals surface area (Å²) in [7, 11) is 0. The first-order valence-corrected chi connectivity index (χ1v) is 3.10. The van der Waals surface area contributed by atoms with Crippen molar-refractivity contribution in [3.8, 4) is 0 Å². The SMILES string of the molecule is OC[C@@H]1CC[C@@H](O)[CH]O1. The van der Waals surface area contributed by atoms with Crippen molar-refractivity contribution in [1.82, 2.24) is 0 Å². The topological polar surface area (TPSA) is 49.7 Å². The molecule has 2 N–H and O–H groups in total. The molecule has 53 valence electrons. The lowest BCUT2D eigenvalue weighted by atomic mass is 10.1. The lowest BCUT2D eigenvalue weighted by molar-refractivity contribution is -0.0310. The van der Waals surface area contributed by atoms with E-state index >= 15 is 0 Å². The minimum absolute atomic E-state index is 0.0449. The van der Waals surface area contributed by atoms with Gasteiger partial charge in [-0.05, 0) is 12.8 Å². The second-order valence-electron chi connectivity index (χ2n) is 2.22. The third-order valence-corrected chi connectivity index (χ3v) is 1.42. The van der Waals surface area contributed by atoms with Gasteiger partial charge in [0.1, 0.15) is 6.61 Å². The second-order valence-corrected chi connectivity index (χ2v) is 2.22. The van der Waals surface area contributed by atoms with Crippen LogP contribution in [-0.4, -0.2) is 29.0 Å². The summed E-state index contributed by atoms with van der Waals surface area (Å²) >= 11 is 0. The number of aliphatic hydroxyl groups is 2. The molecule has 0 aliphatic carbocycles. The molecule has 1 heterocycles. The monoisotopic (exact) mass is 131 g/mol. The summed E-state index contributed by atoms with van der Waals surface area (Å²) in [5, 5.41) is 17.4. The molecule has 0 aromatic rings. The molecule has 1 rings (SSSR count). The van der Waals surface area contributed by atoms with E-state index in [9.17, 15) is 0 Å². The van der Waals surface area contributed by atoms with Gasteiger partial charge in [0, 0.05) is 0 Å². The molecule has 3 nitrogen and oxygen atoms in total. The Morgan fingerprint density at radius 2 is 2.33 bits per heavy atom. The number of aliphatic hydroxyl groups excluding tert-OH is 2. The normalized spacial score (nSPS) is 36.7. The molecular formula is C6H11O3. The minimum Gasteiger partial charge on any atom is -0.394 e. The van der Waals surface area contributed by atoms with Crippen molar-refractivity contribution in [1.29, 1.82) is 0 Å². The Bertz CT molecular complexity index is 76.4. The van der Waals surface area contributed by atoms with E-state index in [1.165, 1.54) is 6.61 Å². The third kappa shape index (κ3) is 1.93. The second kappa shape index (κ2) is 3.15. The Balaban J connectivity index is 2.18. The molecule has 1 radical (unpaired) electrons. The fourth-order valence-electron chi connectivity index (χ4n) is 0.829. The number of rotatable bonds is 1. The van der Waals surface area contributed by atoms with Crippen molar-refractivity contribution in [2.45, 2.75) is 25.0 Å². The molecule has 2 atom stereocenters. The molecule has 3 heteroatoms. The van der Waals surface area contributed by atoms with Crippen LogP contribution in [-0.2, 0) is 4.74 Å². The largest absolute Gasteiger partial charge is 0.394 e. The molecule has 0 unspecified atom stereocenters. The van der Waals surface area contributed by atoms with Crippen LogP contribution in [0.3, 0.4) is 0 Å². The molecule has 0 bridgehead atoms. The lowest BCUT2D eigenvalue weighted by Crippen LogP contribution is -2.27. The van der Waals surface area contributed by atoms with Crippen LogP contribution in [0.15, 0.2) is 0 Å². The minimum atomic E-state index is -0.437. The van der Waals surface area contributed by atoms with Crippen LogP contribution >= 0.6 is 0 Å². The average Bonchev–Trinajstić information content (AvgIpc) is 1.90. The first-order valence-electron chi connectivity index (χ1n) is 3.10. The van der Waals surface area contributed by atoms with E-state index in [-0.39, 0.29) is 12.7 Å². The average molecular weight is 131 g/mol. The van der Waals surface area contributed by atoms with Crippen molar-refractivity contribution in [3.05, 3.63) is 6.61 Å². The van der Waals surface area contributed by atoms with E-state index in [1.54, 1.807) is 0 Å². The van der Waals surface area contributed by atoms with Crippen LogP contribution in [0, 0.1) is 6.61 Å².